The van der Waals surface area contributed by atoms with E-state index in [1.165, 1.54) is 17.3 Å². The number of hydrogen-bond acceptors (Lipinski definition) is 5. The van der Waals surface area contributed by atoms with E-state index in [9.17, 15) is 4.79 Å². The highest BCUT2D eigenvalue weighted by atomic mass is 35.5. The molecule has 0 radical (unpaired) electrons. The third kappa shape index (κ3) is 5.55. The van der Waals surface area contributed by atoms with Crippen molar-refractivity contribution in [1.29, 1.82) is 0 Å². The highest BCUT2D eigenvalue weighted by Crippen LogP contribution is 2.24. The summed E-state index contributed by atoms with van der Waals surface area (Å²) in [6, 6.07) is 15.3. The highest BCUT2D eigenvalue weighted by molar-refractivity contribution is 7.99. The molecule has 0 unspecified atom stereocenters. The van der Waals surface area contributed by atoms with E-state index in [4.69, 9.17) is 16.3 Å². The number of nitrogens with zero attached hydrogens (tertiary/aromatic N) is 4. The number of amides is 1. The number of carbonyl (C=O) groups is 1. The first-order valence-corrected chi connectivity index (χ1v) is 11.2. The smallest absolute Gasteiger partial charge is 0.233 e. The maximum atomic E-state index is 12.4. The van der Waals surface area contributed by atoms with Gasteiger partial charge in [-0.1, -0.05) is 41.1 Å². The Kier molecular flexibility index (Phi) is 7.76. The van der Waals surface area contributed by atoms with Crippen LogP contribution in [0.2, 0.25) is 5.02 Å². The van der Waals surface area contributed by atoms with E-state index < -0.39 is 0 Å². The van der Waals surface area contributed by atoms with Crippen LogP contribution in [0.5, 0.6) is 5.75 Å². The molecule has 30 heavy (non-hydrogen) atoms. The van der Waals surface area contributed by atoms with E-state index in [-0.39, 0.29) is 12.5 Å². The number of ether oxygens (including phenoxy) is 1. The summed E-state index contributed by atoms with van der Waals surface area (Å²) in [6.07, 6.45) is 0. The summed E-state index contributed by atoms with van der Waals surface area (Å²) in [5, 5.41) is 9.92. The summed E-state index contributed by atoms with van der Waals surface area (Å²) in [7, 11) is 0. The van der Waals surface area contributed by atoms with Gasteiger partial charge in [-0.2, -0.15) is 0 Å². The number of carbonyl (C=O) groups excluding carboxylic acids is 1. The number of aryl methyl sites for hydroxylation is 1. The Labute approximate surface area is 186 Å². The lowest BCUT2D eigenvalue weighted by Gasteiger charge is -2.18. The number of benzene rings is 2. The Bertz CT molecular complexity index is 970. The largest absolute Gasteiger partial charge is 0.486 e. The van der Waals surface area contributed by atoms with Crippen LogP contribution in [0.1, 0.15) is 25.2 Å². The topological polar surface area (TPSA) is 60.3 Å². The summed E-state index contributed by atoms with van der Waals surface area (Å²) in [5.41, 5.74) is 2.04. The van der Waals surface area contributed by atoms with Crippen molar-refractivity contribution in [3.63, 3.8) is 0 Å². The van der Waals surface area contributed by atoms with Crippen LogP contribution in [0.4, 0.5) is 0 Å². The maximum absolute atomic E-state index is 12.4. The molecule has 2 aromatic carbocycles. The van der Waals surface area contributed by atoms with Crippen LogP contribution in [0, 0.1) is 6.92 Å². The van der Waals surface area contributed by atoms with Gasteiger partial charge >= 0.3 is 0 Å². The average Bonchev–Trinajstić information content (AvgIpc) is 3.16. The van der Waals surface area contributed by atoms with E-state index in [0.29, 0.717) is 34.8 Å². The highest BCUT2D eigenvalue weighted by Gasteiger charge is 2.18. The van der Waals surface area contributed by atoms with Crippen LogP contribution < -0.4 is 4.74 Å². The van der Waals surface area contributed by atoms with Gasteiger partial charge in [-0.15, -0.1) is 10.2 Å². The molecule has 3 rings (SSSR count). The van der Waals surface area contributed by atoms with Gasteiger partial charge in [0, 0.05) is 23.8 Å². The molecule has 0 fully saturated rings. The first kappa shape index (κ1) is 22.2. The summed E-state index contributed by atoms with van der Waals surface area (Å²) in [4.78, 5) is 14.2. The van der Waals surface area contributed by atoms with Crippen molar-refractivity contribution < 1.29 is 9.53 Å². The Morgan fingerprint density at radius 1 is 1.07 bits per heavy atom. The van der Waals surface area contributed by atoms with Gasteiger partial charge in [-0.05, 0) is 57.2 Å². The zero-order valence-electron chi connectivity index (χ0n) is 17.3. The van der Waals surface area contributed by atoms with E-state index in [1.54, 1.807) is 4.90 Å². The molecule has 1 aromatic heterocycles. The molecule has 0 aliphatic carbocycles. The van der Waals surface area contributed by atoms with Crippen LogP contribution in [0.3, 0.4) is 0 Å². The number of rotatable bonds is 9. The molecule has 0 aliphatic heterocycles. The van der Waals surface area contributed by atoms with E-state index in [0.717, 1.165) is 11.4 Å². The van der Waals surface area contributed by atoms with Crippen LogP contribution in [-0.2, 0) is 11.4 Å². The Morgan fingerprint density at radius 2 is 1.73 bits per heavy atom. The maximum Gasteiger partial charge on any atom is 0.233 e. The molecule has 1 amide bonds. The molecule has 0 N–H and O–H groups in total. The minimum atomic E-state index is 0.0770. The second kappa shape index (κ2) is 10.5. The monoisotopic (exact) mass is 444 g/mol. The molecular weight excluding hydrogens is 420 g/mol. The zero-order valence-corrected chi connectivity index (χ0v) is 18.9. The van der Waals surface area contributed by atoms with Gasteiger partial charge < -0.3 is 9.64 Å². The first-order chi connectivity index (χ1) is 14.5. The molecular formula is C22H25ClN4O2S. The summed E-state index contributed by atoms with van der Waals surface area (Å²) in [6.45, 7) is 7.61. The van der Waals surface area contributed by atoms with Gasteiger partial charge in [0.15, 0.2) is 11.0 Å². The second-order valence-electron chi connectivity index (χ2n) is 6.67. The Hall–Kier alpha value is -2.51. The van der Waals surface area contributed by atoms with Crippen LogP contribution in [0.25, 0.3) is 5.69 Å². The number of aromatic nitrogens is 3. The quantitative estimate of drug-likeness (QED) is 0.445. The Morgan fingerprint density at radius 3 is 2.37 bits per heavy atom. The molecule has 0 bridgehead atoms. The molecule has 1 heterocycles. The van der Waals surface area contributed by atoms with Gasteiger partial charge in [0.25, 0.3) is 0 Å². The molecule has 0 atom stereocenters. The van der Waals surface area contributed by atoms with Crippen molar-refractivity contribution in [2.75, 3.05) is 18.8 Å². The van der Waals surface area contributed by atoms with Crippen LogP contribution in [-0.4, -0.2) is 44.4 Å². The number of halogens is 1. The van der Waals surface area contributed by atoms with Gasteiger partial charge in [-0.3, -0.25) is 9.36 Å². The molecule has 0 saturated carbocycles. The molecule has 3 aromatic rings. The third-order valence-corrected chi connectivity index (χ3v) is 5.78. The summed E-state index contributed by atoms with van der Waals surface area (Å²) in [5.74, 6) is 1.78. The van der Waals surface area contributed by atoms with Crippen molar-refractivity contribution in [3.8, 4) is 11.4 Å². The molecule has 6 nitrogen and oxygen atoms in total. The molecule has 0 spiro atoms. The Balaban J connectivity index is 1.82. The molecule has 0 aliphatic rings. The molecule has 158 valence electrons. The minimum absolute atomic E-state index is 0.0770. The van der Waals surface area contributed by atoms with E-state index in [2.05, 4.69) is 10.2 Å². The first-order valence-electron chi connectivity index (χ1n) is 9.82. The summed E-state index contributed by atoms with van der Waals surface area (Å²) >= 11 is 7.42. The minimum Gasteiger partial charge on any atom is -0.486 e. The van der Waals surface area contributed by atoms with Crippen molar-refractivity contribution >= 4 is 29.3 Å². The van der Waals surface area contributed by atoms with Crippen LogP contribution >= 0.6 is 23.4 Å². The lowest BCUT2D eigenvalue weighted by Crippen LogP contribution is -2.31. The van der Waals surface area contributed by atoms with Crippen LogP contribution in [0.15, 0.2) is 53.7 Å². The normalized spacial score (nSPS) is 10.8. The predicted octanol–water partition coefficient (Wildman–Crippen LogP) is 4.77. The van der Waals surface area contributed by atoms with Crippen molar-refractivity contribution in [1.82, 2.24) is 19.7 Å². The number of hydrogen-bond donors (Lipinski definition) is 0. The second-order valence-corrected chi connectivity index (χ2v) is 8.05. The zero-order chi connectivity index (χ0) is 21.5. The summed E-state index contributed by atoms with van der Waals surface area (Å²) < 4.78 is 7.82. The van der Waals surface area contributed by atoms with Crippen molar-refractivity contribution in [3.05, 3.63) is 64.9 Å². The lowest BCUT2D eigenvalue weighted by molar-refractivity contribution is -0.127. The fourth-order valence-electron chi connectivity index (χ4n) is 2.91. The fraction of sp³-hybridized carbons (Fsp3) is 0.318. The number of thioether (sulfide) groups is 1. The van der Waals surface area contributed by atoms with Gasteiger partial charge in [0.2, 0.25) is 5.91 Å². The molecule has 0 saturated heterocycles. The van der Waals surface area contributed by atoms with E-state index >= 15 is 0 Å². The lowest BCUT2D eigenvalue weighted by atomic mass is 10.2. The van der Waals surface area contributed by atoms with Gasteiger partial charge in [0.1, 0.15) is 12.4 Å². The average molecular weight is 445 g/mol. The standard InChI is InChI=1S/C22H25ClN4O2S/c1-4-26(5-2)21(28)15-30-22-25-24-20(14-29-19-12-6-16(3)7-13-19)27(22)18-10-8-17(23)9-11-18/h6-13H,4-5,14-15H2,1-3H3. The van der Waals surface area contributed by atoms with Crippen molar-refractivity contribution in [2.24, 2.45) is 0 Å². The van der Waals surface area contributed by atoms with Gasteiger partial charge in [-0.25, -0.2) is 0 Å². The fourth-order valence-corrected chi connectivity index (χ4v) is 3.91. The predicted molar refractivity (Wildman–Crippen MR) is 121 cm³/mol. The van der Waals surface area contributed by atoms with E-state index in [1.807, 2.05) is 73.9 Å². The SMILES string of the molecule is CCN(CC)C(=O)CSc1nnc(COc2ccc(C)cc2)n1-c1ccc(Cl)cc1. The molecule has 8 heteroatoms. The van der Waals surface area contributed by atoms with Crippen molar-refractivity contribution in [2.45, 2.75) is 32.5 Å². The third-order valence-electron chi connectivity index (χ3n) is 4.62. The van der Waals surface area contributed by atoms with Gasteiger partial charge in [0.05, 0.1) is 5.75 Å².